The van der Waals surface area contributed by atoms with Crippen LogP contribution in [0.1, 0.15) is 120 Å². The van der Waals surface area contributed by atoms with Gasteiger partial charge in [-0.3, -0.25) is 9.59 Å². The summed E-state index contributed by atoms with van der Waals surface area (Å²) < 4.78 is 8.05. The van der Waals surface area contributed by atoms with Gasteiger partial charge in [-0.15, -0.1) is 0 Å². The minimum absolute atomic E-state index is 0.137. The van der Waals surface area contributed by atoms with Crippen molar-refractivity contribution < 1.29 is 19.2 Å². The summed E-state index contributed by atoms with van der Waals surface area (Å²) in [6.07, 6.45) is 12.1. The Kier molecular flexibility index (Phi) is 26.0. The van der Waals surface area contributed by atoms with Gasteiger partial charge in [0.1, 0.15) is 0 Å². The molecule has 2 amide bonds. The highest BCUT2D eigenvalue weighted by molar-refractivity contribution is 7.54. The molecule has 6 nitrogen and oxygen atoms in total. The van der Waals surface area contributed by atoms with Gasteiger partial charge in [0.05, 0.1) is 13.0 Å². The van der Waals surface area contributed by atoms with E-state index in [-0.39, 0.29) is 17.2 Å². The number of unbranched alkanes of at least 4 members (excludes halogenated alkanes) is 5. The third kappa shape index (κ3) is 20.3. The van der Waals surface area contributed by atoms with Crippen LogP contribution in [-0.4, -0.2) is 77.9 Å². The fourth-order valence-corrected chi connectivity index (χ4v) is 7.01. The Bertz CT molecular complexity index is 564. The molecule has 0 aromatic rings. The van der Waals surface area contributed by atoms with E-state index in [1.54, 1.807) is 0 Å². The lowest BCUT2D eigenvalue weighted by Crippen LogP contribution is -2.40. The zero-order valence-electron chi connectivity index (χ0n) is 26.0. The van der Waals surface area contributed by atoms with Crippen LogP contribution in [0.5, 0.6) is 0 Å². The summed E-state index contributed by atoms with van der Waals surface area (Å²) in [7, 11) is -1.42. The van der Waals surface area contributed by atoms with Gasteiger partial charge in [-0.05, 0) is 58.5 Å². The maximum Gasteiger partial charge on any atom is 0.225 e. The molecule has 0 aliphatic heterocycles. The van der Waals surface area contributed by atoms with E-state index in [1.165, 1.54) is 0 Å². The highest BCUT2D eigenvalue weighted by Gasteiger charge is 2.25. The molecule has 0 heterocycles. The highest BCUT2D eigenvalue weighted by atomic mass is 31.1. The standard InChI is InChI=1S/C27H56N2O4P2.C2H6/c1-8-12-18-26(31)29(11-4)34(7)24-33-23-27(5,6)22-28(10-3)25(30)19-16-14-15-17-21-35(32)20-13-9-2;1-2/h32H,8-24H2,1-7H3;1-2H3. The molecule has 0 fully saturated rings. The number of carbonyl (C=O) groups is 2. The summed E-state index contributed by atoms with van der Waals surface area (Å²) in [6.45, 7) is 21.5. The van der Waals surface area contributed by atoms with Gasteiger partial charge in [0, 0.05) is 54.1 Å². The third-order valence-corrected chi connectivity index (χ3v) is 9.75. The van der Waals surface area contributed by atoms with Crippen molar-refractivity contribution in [3.05, 3.63) is 0 Å². The van der Waals surface area contributed by atoms with Crippen LogP contribution in [0.3, 0.4) is 0 Å². The first kappa shape index (κ1) is 38.9. The second kappa shape index (κ2) is 24.7. The van der Waals surface area contributed by atoms with Crippen LogP contribution in [0, 0.1) is 5.41 Å². The Labute approximate surface area is 233 Å². The summed E-state index contributed by atoms with van der Waals surface area (Å²) in [5.74, 6) is 0.464. The van der Waals surface area contributed by atoms with E-state index in [2.05, 4.69) is 34.4 Å². The van der Waals surface area contributed by atoms with Crippen LogP contribution in [0.4, 0.5) is 0 Å². The molecule has 37 heavy (non-hydrogen) atoms. The predicted octanol–water partition coefficient (Wildman–Crippen LogP) is 8.07. The minimum Gasteiger partial charge on any atom is -0.374 e. The molecule has 0 aromatic carbocycles. The smallest absolute Gasteiger partial charge is 0.225 e. The van der Waals surface area contributed by atoms with Crippen molar-refractivity contribution in [1.29, 1.82) is 0 Å². The van der Waals surface area contributed by atoms with Gasteiger partial charge >= 0.3 is 0 Å². The van der Waals surface area contributed by atoms with E-state index >= 15 is 0 Å². The number of nitrogens with zero attached hydrogens (tertiary/aromatic N) is 2. The van der Waals surface area contributed by atoms with Gasteiger partial charge in [0.15, 0.2) is 0 Å². The van der Waals surface area contributed by atoms with E-state index < -0.39 is 16.2 Å². The van der Waals surface area contributed by atoms with Crippen molar-refractivity contribution in [1.82, 2.24) is 9.57 Å². The van der Waals surface area contributed by atoms with Crippen LogP contribution in [0.15, 0.2) is 0 Å². The van der Waals surface area contributed by atoms with Crippen LogP contribution >= 0.6 is 16.2 Å². The van der Waals surface area contributed by atoms with Crippen molar-refractivity contribution in [3.8, 4) is 0 Å². The molecule has 0 radical (unpaired) electrons. The third-order valence-electron chi connectivity index (χ3n) is 6.19. The van der Waals surface area contributed by atoms with Crippen molar-refractivity contribution in [2.75, 3.05) is 51.6 Å². The molecule has 0 spiro atoms. The van der Waals surface area contributed by atoms with E-state index in [0.717, 1.165) is 70.2 Å². The zero-order valence-corrected chi connectivity index (χ0v) is 27.8. The molecule has 0 saturated carbocycles. The Morgan fingerprint density at radius 1 is 0.811 bits per heavy atom. The average molecular weight is 565 g/mol. The first-order valence-corrected chi connectivity index (χ1v) is 18.5. The van der Waals surface area contributed by atoms with Gasteiger partial charge in [-0.2, -0.15) is 0 Å². The zero-order chi connectivity index (χ0) is 28.7. The quantitative estimate of drug-likeness (QED) is 0.107. The molecule has 222 valence electrons. The molecular weight excluding hydrogens is 502 g/mol. The highest BCUT2D eigenvalue weighted by Crippen LogP contribution is 2.37. The molecule has 0 aromatic heterocycles. The summed E-state index contributed by atoms with van der Waals surface area (Å²) >= 11 is 0. The summed E-state index contributed by atoms with van der Waals surface area (Å²) in [5.41, 5.74) is -0.137. The molecule has 0 aliphatic carbocycles. The molecular formula is C29H62N2O4P2. The summed E-state index contributed by atoms with van der Waals surface area (Å²) in [4.78, 5) is 37.2. The molecule has 0 bridgehead atoms. The van der Waals surface area contributed by atoms with Gasteiger partial charge in [-0.1, -0.05) is 67.2 Å². The lowest BCUT2D eigenvalue weighted by molar-refractivity contribution is -0.133. The van der Waals surface area contributed by atoms with Gasteiger partial charge < -0.3 is 19.2 Å². The second-order valence-corrected chi connectivity index (χ2v) is 14.4. The van der Waals surface area contributed by atoms with E-state index in [0.29, 0.717) is 38.9 Å². The minimum atomic E-state index is -0.774. The van der Waals surface area contributed by atoms with Crippen LogP contribution in [0.2, 0.25) is 0 Å². The van der Waals surface area contributed by atoms with Crippen molar-refractivity contribution in [3.63, 3.8) is 0 Å². The first-order valence-electron chi connectivity index (χ1n) is 14.9. The molecule has 8 heteroatoms. The maximum absolute atomic E-state index is 12.8. The average Bonchev–Trinajstić information content (AvgIpc) is 2.88. The fraction of sp³-hybridized carbons (Fsp3) is 0.931. The Hall–Kier alpha value is -0.280. The number of hydrogen-bond acceptors (Lipinski definition) is 4. The van der Waals surface area contributed by atoms with Gasteiger partial charge in [-0.25, -0.2) is 0 Å². The van der Waals surface area contributed by atoms with E-state index in [9.17, 15) is 14.5 Å². The Morgan fingerprint density at radius 3 is 1.95 bits per heavy atom. The normalized spacial score (nSPS) is 12.9. The molecule has 2 unspecified atom stereocenters. The topological polar surface area (TPSA) is 70.1 Å². The van der Waals surface area contributed by atoms with Crippen molar-refractivity contribution in [2.24, 2.45) is 5.41 Å². The maximum atomic E-state index is 12.8. The Morgan fingerprint density at radius 2 is 1.38 bits per heavy atom. The number of hydrogen-bond donors (Lipinski definition) is 1. The number of ether oxygens (including phenoxy) is 1. The first-order chi connectivity index (χ1) is 17.6. The monoisotopic (exact) mass is 564 g/mol. The van der Waals surface area contributed by atoms with Crippen molar-refractivity contribution >= 4 is 28.0 Å². The van der Waals surface area contributed by atoms with E-state index in [1.807, 2.05) is 37.3 Å². The van der Waals surface area contributed by atoms with E-state index in [4.69, 9.17) is 4.74 Å². The Balaban J connectivity index is 0. The molecule has 0 rings (SSSR count). The van der Waals surface area contributed by atoms with Gasteiger partial charge in [0.2, 0.25) is 11.8 Å². The van der Waals surface area contributed by atoms with Crippen molar-refractivity contribution in [2.45, 2.75) is 120 Å². The van der Waals surface area contributed by atoms with Crippen LogP contribution < -0.4 is 0 Å². The van der Waals surface area contributed by atoms with Gasteiger partial charge in [0.25, 0.3) is 0 Å². The fourth-order valence-electron chi connectivity index (χ4n) is 4.06. The lowest BCUT2D eigenvalue weighted by Gasteiger charge is -2.33. The molecule has 0 saturated heterocycles. The van der Waals surface area contributed by atoms with Crippen LogP contribution in [0.25, 0.3) is 0 Å². The summed E-state index contributed by atoms with van der Waals surface area (Å²) in [5, 5.41) is 0. The number of carbonyl (C=O) groups excluding carboxylic acids is 2. The molecule has 0 aliphatic rings. The molecule has 1 N–H and O–H groups in total. The largest absolute Gasteiger partial charge is 0.374 e. The number of amides is 2. The van der Waals surface area contributed by atoms with Crippen LogP contribution in [-0.2, 0) is 14.3 Å². The summed E-state index contributed by atoms with van der Waals surface area (Å²) in [6, 6.07) is 0. The predicted molar refractivity (Wildman–Crippen MR) is 165 cm³/mol. The second-order valence-electron chi connectivity index (χ2n) is 10.4. The number of rotatable bonds is 22. The SMILES string of the molecule is CC.CCCCC(=O)N(CC)P(C)COCC(C)(C)CN(CC)C(=O)CCCCCCP(O)CCCC. The lowest BCUT2D eigenvalue weighted by atomic mass is 9.93. The molecule has 2 atom stereocenters.